The summed E-state index contributed by atoms with van der Waals surface area (Å²) in [6.45, 7) is 3.58. The van der Waals surface area contributed by atoms with Crippen molar-refractivity contribution in [1.82, 2.24) is 9.03 Å². The number of benzene rings is 2. The molecule has 0 bridgehead atoms. The minimum absolute atomic E-state index is 0.0273. The second-order valence-electron chi connectivity index (χ2n) is 7.93. The van der Waals surface area contributed by atoms with Gasteiger partial charge in [0.25, 0.3) is 10.0 Å². The molecule has 1 aliphatic heterocycles. The smallest absolute Gasteiger partial charge is 0.421 e. The molecule has 0 radical (unpaired) electrons. The number of nitrogens with zero attached hydrogens (tertiary/aromatic N) is 1. The lowest BCUT2D eigenvalue weighted by Gasteiger charge is -2.26. The first-order valence-corrected chi connectivity index (χ1v) is 13.3. The Morgan fingerprint density at radius 1 is 0.941 bits per heavy atom. The van der Waals surface area contributed by atoms with E-state index < -0.39 is 44.3 Å². The van der Waals surface area contributed by atoms with Crippen LogP contribution in [0.3, 0.4) is 0 Å². The Hall–Kier alpha value is -2.96. The molecular formula is C22H26N2O8S2. The van der Waals surface area contributed by atoms with Crippen molar-refractivity contribution in [1.29, 1.82) is 0 Å². The van der Waals surface area contributed by atoms with Crippen LogP contribution in [-0.4, -0.2) is 59.0 Å². The molecule has 2 aromatic rings. The van der Waals surface area contributed by atoms with Gasteiger partial charge in [-0.15, -0.1) is 0 Å². The van der Waals surface area contributed by atoms with Crippen LogP contribution in [0.2, 0.25) is 0 Å². The monoisotopic (exact) mass is 510 g/mol. The van der Waals surface area contributed by atoms with E-state index >= 15 is 0 Å². The van der Waals surface area contributed by atoms with Crippen LogP contribution in [0.1, 0.15) is 24.0 Å². The van der Waals surface area contributed by atoms with Crippen LogP contribution in [-0.2, 0) is 34.3 Å². The molecule has 0 spiro atoms. The highest BCUT2D eigenvalue weighted by molar-refractivity contribution is 7.90. The summed E-state index contributed by atoms with van der Waals surface area (Å²) in [6.07, 6.45) is -2.63. The fourth-order valence-corrected chi connectivity index (χ4v) is 6.16. The molecule has 1 fully saturated rings. The fraction of sp³-hybridized carbons (Fsp3) is 0.364. The van der Waals surface area contributed by atoms with Gasteiger partial charge in [-0.3, -0.25) is 4.79 Å². The van der Waals surface area contributed by atoms with Gasteiger partial charge in [0.15, 0.2) is 0 Å². The number of carbonyl (C=O) groups is 2. The van der Waals surface area contributed by atoms with E-state index in [0.29, 0.717) is 0 Å². The number of hydrogen-bond acceptors (Lipinski definition) is 8. The van der Waals surface area contributed by atoms with E-state index in [2.05, 4.69) is 4.74 Å². The van der Waals surface area contributed by atoms with E-state index in [4.69, 9.17) is 4.74 Å². The van der Waals surface area contributed by atoms with Crippen LogP contribution in [0.4, 0.5) is 4.79 Å². The van der Waals surface area contributed by atoms with Gasteiger partial charge in [-0.25, -0.2) is 26.4 Å². The van der Waals surface area contributed by atoms with E-state index in [1.807, 2.05) is 11.6 Å². The minimum Gasteiger partial charge on any atom is -0.469 e. The molecule has 0 unspecified atom stereocenters. The first-order valence-electron chi connectivity index (χ1n) is 10.4. The SMILES string of the molecule is COC(=O)C[C@@H]1[C@H](OC(=O)NS(=O)(=O)c2ccc(C)cc2)CCN1S(=O)(=O)c1ccc(C)cc1. The standard InChI is InChI=1S/C22H26N2O8S2/c1-15-4-8-17(9-5-15)33(27,28)23-22(26)32-20-12-13-24(19(20)14-21(25)31-3)34(29,30)18-10-6-16(2)7-11-18/h4-11,19-20H,12-14H2,1-3H3,(H,23,26)/t19-,20-/m1/s1. The lowest BCUT2D eigenvalue weighted by molar-refractivity contribution is -0.142. The van der Waals surface area contributed by atoms with Gasteiger partial charge in [0.05, 0.1) is 29.4 Å². The predicted octanol–water partition coefficient (Wildman–Crippen LogP) is 2.11. The second kappa shape index (κ2) is 10.1. The van der Waals surface area contributed by atoms with Crippen molar-refractivity contribution in [2.24, 2.45) is 0 Å². The molecule has 10 nitrogen and oxygen atoms in total. The largest absolute Gasteiger partial charge is 0.469 e. The van der Waals surface area contributed by atoms with Crippen molar-refractivity contribution in [3.8, 4) is 0 Å². The molecule has 1 aliphatic rings. The average Bonchev–Trinajstić information content (AvgIpc) is 3.16. The summed E-state index contributed by atoms with van der Waals surface area (Å²) in [5.74, 6) is -0.697. The van der Waals surface area contributed by atoms with Crippen LogP contribution in [0.25, 0.3) is 0 Å². The predicted molar refractivity (Wildman–Crippen MR) is 122 cm³/mol. The highest BCUT2D eigenvalue weighted by Gasteiger charge is 2.45. The van der Waals surface area contributed by atoms with E-state index in [9.17, 15) is 26.4 Å². The molecule has 0 aliphatic carbocycles. The number of aryl methyl sites for hydroxylation is 2. The first-order chi connectivity index (χ1) is 15.9. The van der Waals surface area contributed by atoms with Gasteiger partial charge in [0.1, 0.15) is 6.10 Å². The zero-order chi connectivity index (χ0) is 25.1. The molecule has 34 heavy (non-hydrogen) atoms. The van der Waals surface area contributed by atoms with Gasteiger partial charge in [0, 0.05) is 6.54 Å². The zero-order valence-corrected chi connectivity index (χ0v) is 20.6. The Morgan fingerprint density at radius 2 is 1.47 bits per heavy atom. The third-order valence-corrected chi connectivity index (χ3v) is 8.74. The third kappa shape index (κ3) is 5.75. The summed E-state index contributed by atoms with van der Waals surface area (Å²) in [6, 6.07) is 11.0. The van der Waals surface area contributed by atoms with Crippen LogP contribution < -0.4 is 4.72 Å². The van der Waals surface area contributed by atoms with Gasteiger partial charge in [0.2, 0.25) is 10.0 Å². The van der Waals surface area contributed by atoms with Crippen molar-refractivity contribution in [2.45, 2.75) is 48.6 Å². The van der Waals surface area contributed by atoms with E-state index in [-0.39, 0.29) is 29.2 Å². The highest BCUT2D eigenvalue weighted by atomic mass is 32.2. The number of hydrogen-bond donors (Lipinski definition) is 1. The maximum absolute atomic E-state index is 13.2. The number of amides is 1. The van der Waals surface area contributed by atoms with E-state index in [1.165, 1.54) is 24.3 Å². The topological polar surface area (TPSA) is 136 Å². The van der Waals surface area contributed by atoms with Crippen molar-refractivity contribution in [2.75, 3.05) is 13.7 Å². The Morgan fingerprint density at radius 3 is 2.00 bits per heavy atom. The van der Waals surface area contributed by atoms with Crippen molar-refractivity contribution in [3.05, 3.63) is 59.7 Å². The number of esters is 1. The number of rotatable bonds is 7. The molecule has 1 heterocycles. The Balaban J connectivity index is 1.80. The highest BCUT2D eigenvalue weighted by Crippen LogP contribution is 2.30. The van der Waals surface area contributed by atoms with Gasteiger partial charge < -0.3 is 9.47 Å². The van der Waals surface area contributed by atoms with Crippen LogP contribution in [0.5, 0.6) is 0 Å². The summed E-state index contributed by atoms with van der Waals surface area (Å²) >= 11 is 0. The lowest BCUT2D eigenvalue weighted by atomic mass is 10.1. The number of methoxy groups -OCH3 is 1. The molecule has 2 aromatic carbocycles. The molecule has 2 atom stereocenters. The van der Waals surface area contributed by atoms with Crippen LogP contribution in [0.15, 0.2) is 58.3 Å². The van der Waals surface area contributed by atoms with Crippen LogP contribution >= 0.6 is 0 Å². The number of ether oxygens (including phenoxy) is 2. The first kappa shape index (κ1) is 25.7. The normalized spacial score (nSPS) is 18.9. The maximum atomic E-state index is 13.2. The summed E-state index contributed by atoms with van der Waals surface area (Å²) < 4.78 is 64.3. The average molecular weight is 511 g/mol. The van der Waals surface area contributed by atoms with Gasteiger partial charge in [-0.05, 0) is 44.5 Å². The molecule has 1 saturated heterocycles. The molecule has 3 rings (SSSR count). The number of sulfonamides is 2. The molecule has 184 valence electrons. The minimum atomic E-state index is -4.20. The van der Waals surface area contributed by atoms with Gasteiger partial charge in [-0.2, -0.15) is 4.31 Å². The Kier molecular flexibility index (Phi) is 7.64. The molecule has 0 aromatic heterocycles. The third-order valence-electron chi connectivity index (χ3n) is 5.47. The lowest BCUT2D eigenvalue weighted by Crippen LogP contribution is -2.44. The number of carbonyl (C=O) groups excluding carboxylic acids is 2. The van der Waals surface area contributed by atoms with Crippen molar-refractivity contribution >= 4 is 32.1 Å². The zero-order valence-electron chi connectivity index (χ0n) is 18.9. The fourth-order valence-electron chi connectivity index (χ4n) is 3.61. The summed E-state index contributed by atoms with van der Waals surface area (Å²) in [5.41, 5.74) is 1.71. The van der Waals surface area contributed by atoms with Crippen LogP contribution in [0, 0.1) is 13.8 Å². The molecule has 0 saturated carbocycles. The molecule has 12 heteroatoms. The van der Waals surface area contributed by atoms with Gasteiger partial charge in [-0.1, -0.05) is 35.4 Å². The second-order valence-corrected chi connectivity index (χ2v) is 11.5. The molecule has 1 amide bonds. The summed E-state index contributed by atoms with van der Waals surface area (Å²) in [7, 11) is -7.05. The Labute approximate surface area is 199 Å². The Bertz CT molecular complexity index is 1260. The van der Waals surface area contributed by atoms with Gasteiger partial charge >= 0.3 is 12.1 Å². The number of nitrogens with one attached hydrogen (secondary N) is 1. The molecule has 1 N–H and O–H groups in total. The van der Waals surface area contributed by atoms with E-state index in [1.54, 1.807) is 31.2 Å². The van der Waals surface area contributed by atoms with E-state index in [0.717, 1.165) is 22.5 Å². The maximum Gasteiger partial charge on any atom is 0.421 e. The van der Waals surface area contributed by atoms with Crippen molar-refractivity contribution < 1.29 is 35.9 Å². The summed E-state index contributed by atoms with van der Waals surface area (Å²) in [4.78, 5) is 24.3. The molecular weight excluding hydrogens is 484 g/mol. The van der Waals surface area contributed by atoms with Crippen molar-refractivity contribution in [3.63, 3.8) is 0 Å². The quantitative estimate of drug-likeness (QED) is 0.560. The summed E-state index contributed by atoms with van der Waals surface area (Å²) in [5, 5.41) is 0.